The van der Waals surface area contributed by atoms with Gasteiger partial charge in [0, 0.05) is 18.2 Å². The second-order valence-electron chi connectivity index (χ2n) is 6.26. The van der Waals surface area contributed by atoms with Crippen LogP contribution >= 0.6 is 0 Å². The summed E-state index contributed by atoms with van der Waals surface area (Å²) in [4.78, 5) is 24.5. The summed E-state index contributed by atoms with van der Waals surface area (Å²) in [5, 5.41) is 2.86. The first-order valence-electron chi connectivity index (χ1n) is 8.49. The Kier molecular flexibility index (Phi) is 4.12. The molecule has 0 saturated carbocycles. The van der Waals surface area contributed by atoms with E-state index in [1.807, 2.05) is 48.9 Å². The number of aryl methyl sites for hydroxylation is 1. The maximum absolute atomic E-state index is 12.6. The summed E-state index contributed by atoms with van der Waals surface area (Å²) in [6.07, 6.45) is 1.73. The number of methoxy groups -OCH3 is 1. The molecule has 0 aliphatic carbocycles. The monoisotopic (exact) mass is 361 g/mol. The normalized spacial score (nSPS) is 10.9. The molecule has 2 aromatic heterocycles. The summed E-state index contributed by atoms with van der Waals surface area (Å²) < 4.78 is 7.03. The second-order valence-corrected chi connectivity index (χ2v) is 6.26. The molecule has 0 radical (unpaired) electrons. The number of imidazole rings is 2. The van der Waals surface area contributed by atoms with Gasteiger partial charge in [0.1, 0.15) is 11.6 Å². The zero-order valence-corrected chi connectivity index (χ0v) is 15.3. The lowest BCUT2D eigenvalue weighted by Crippen LogP contribution is -2.15. The molecule has 0 fully saturated rings. The molecule has 0 bridgehead atoms. The predicted octanol–water partition coefficient (Wildman–Crippen LogP) is 3.53. The summed E-state index contributed by atoms with van der Waals surface area (Å²) in [7, 11) is 3.50. The third kappa shape index (κ3) is 3.15. The van der Waals surface area contributed by atoms with Gasteiger partial charge in [0.15, 0.2) is 0 Å². The van der Waals surface area contributed by atoms with Gasteiger partial charge in [-0.3, -0.25) is 10.1 Å². The van der Waals surface area contributed by atoms with Gasteiger partial charge in [-0.25, -0.2) is 9.97 Å². The van der Waals surface area contributed by atoms with Crippen molar-refractivity contribution in [2.75, 3.05) is 12.4 Å². The fourth-order valence-corrected chi connectivity index (χ4v) is 3.01. The highest BCUT2D eigenvalue weighted by molar-refractivity contribution is 6.05. The number of carbonyl (C=O) groups excluding carboxylic acids is 1. The molecular weight excluding hydrogens is 342 g/mol. The number of nitrogens with one attached hydrogen (secondary N) is 2. The zero-order chi connectivity index (χ0) is 19.0. The van der Waals surface area contributed by atoms with Crippen LogP contribution in [0.25, 0.3) is 22.3 Å². The topological polar surface area (TPSA) is 84.8 Å². The molecule has 0 saturated heterocycles. The van der Waals surface area contributed by atoms with Crippen molar-refractivity contribution in [2.24, 2.45) is 7.05 Å². The first-order chi connectivity index (χ1) is 13.0. The van der Waals surface area contributed by atoms with Gasteiger partial charge in [-0.15, -0.1) is 0 Å². The van der Waals surface area contributed by atoms with Crippen molar-refractivity contribution in [2.45, 2.75) is 6.92 Å². The number of aromatic nitrogens is 4. The number of fused-ring (bicyclic) bond motifs is 1. The molecule has 0 aliphatic heterocycles. The first-order valence-corrected chi connectivity index (χ1v) is 8.49. The summed E-state index contributed by atoms with van der Waals surface area (Å²) in [5.41, 5.74) is 4.09. The Morgan fingerprint density at radius 1 is 1.19 bits per heavy atom. The number of rotatable bonds is 4. The third-order valence-electron chi connectivity index (χ3n) is 4.46. The van der Waals surface area contributed by atoms with Gasteiger partial charge in [-0.05, 0) is 49.4 Å². The molecule has 1 amide bonds. The maximum atomic E-state index is 12.6. The third-order valence-corrected chi connectivity index (χ3v) is 4.46. The fourth-order valence-electron chi connectivity index (χ4n) is 3.01. The van der Waals surface area contributed by atoms with Crippen molar-refractivity contribution < 1.29 is 9.53 Å². The quantitative estimate of drug-likeness (QED) is 0.582. The average Bonchev–Trinajstić information content (AvgIpc) is 3.23. The molecule has 0 unspecified atom stereocenters. The summed E-state index contributed by atoms with van der Waals surface area (Å²) >= 11 is 0. The number of anilines is 1. The van der Waals surface area contributed by atoms with E-state index in [1.165, 1.54) is 0 Å². The van der Waals surface area contributed by atoms with Crippen LogP contribution in [0.1, 0.15) is 16.2 Å². The predicted molar refractivity (Wildman–Crippen MR) is 104 cm³/mol. The van der Waals surface area contributed by atoms with Gasteiger partial charge in [0.2, 0.25) is 5.95 Å². The van der Waals surface area contributed by atoms with Crippen molar-refractivity contribution in [3.05, 3.63) is 60.0 Å². The minimum atomic E-state index is -0.223. The van der Waals surface area contributed by atoms with Crippen molar-refractivity contribution in [3.8, 4) is 17.0 Å². The number of nitrogens with zero attached hydrogens (tertiary/aromatic N) is 3. The van der Waals surface area contributed by atoms with Crippen molar-refractivity contribution >= 4 is 22.9 Å². The van der Waals surface area contributed by atoms with Gasteiger partial charge < -0.3 is 14.3 Å². The van der Waals surface area contributed by atoms with Crippen molar-refractivity contribution in [3.63, 3.8) is 0 Å². The maximum Gasteiger partial charge on any atom is 0.258 e. The molecule has 4 aromatic rings. The molecule has 0 spiro atoms. The number of H-pyrrole nitrogens is 1. The van der Waals surface area contributed by atoms with Gasteiger partial charge in [0.05, 0.1) is 30.0 Å². The van der Waals surface area contributed by atoms with E-state index >= 15 is 0 Å². The summed E-state index contributed by atoms with van der Waals surface area (Å²) in [6.45, 7) is 1.88. The minimum Gasteiger partial charge on any atom is -0.497 e. The smallest absolute Gasteiger partial charge is 0.258 e. The van der Waals surface area contributed by atoms with Crippen LogP contribution in [0.15, 0.2) is 48.7 Å². The number of hydrogen-bond acceptors (Lipinski definition) is 4. The Balaban J connectivity index is 1.58. The van der Waals surface area contributed by atoms with E-state index in [-0.39, 0.29) is 5.91 Å². The molecule has 4 rings (SSSR count). The van der Waals surface area contributed by atoms with Crippen LogP contribution in [-0.4, -0.2) is 32.5 Å². The van der Waals surface area contributed by atoms with E-state index in [0.717, 1.165) is 33.9 Å². The number of hydrogen-bond donors (Lipinski definition) is 2. The molecular formula is C20H19N5O2. The second kappa shape index (κ2) is 6.60. The largest absolute Gasteiger partial charge is 0.497 e. The summed E-state index contributed by atoms with van der Waals surface area (Å²) in [6, 6.07) is 13.1. The number of ether oxygens (including phenoxy) is 1. The number of benzene rings is 2. The lowest BCUT2D eigenvalue weighted by molar-refractivity contribution is 0.102. The average molecular weight is 361 g/mol. The van der Waals surface area contributed by atoms with E-state index in [1.54, 1.807) is 25.4 Å². The fraction of sp³-hybridized carbons (Fsp3) is 0.150. The highest BCUT2D eigenvalue weighted by Gasteiger charge is 2.14. The number of amides is 1. The van der Waals surface area contributed by atoms with E-state index < -0.39 is 0 Å². The van der Waals surface area contributed by atoms with E-state index in [2.05, 4.69) is 20.3 Å². The van der Waals surface area contributed by atoms with Crippen LogP contribution in [0.2, 0.25) is 0 Å². The minimum absolute atomic E-state index is 0.223. The van der Waals surface area contributed by atoms with Crippen LogP contribution in [-0.2, 0) is 7.05 Å². The van der Waals surface area contributed by atoms with E-state index in [9.17, 15) is 4.79 Å². The Morgan fingerprint density at radius 2 is 1.96 bits per heavy atom. The Labute approximate surface area is 156 Å². The lowest BCUT2D eigenvalue weighted by atomic mass is 10.1. The van der Waals surface area contributed by atoms with E-state index in [4.69, 9.17) is 4.74 Å². The van der Waals surface area contributed by atoms with Crippen molar-refractivity contribution in [1.29, 1.82) is 0 Å². The van der Waals surface area contributed by atoms with E-state index in [0.29, 0.717) is 11.5 Å². The molecule has 0 atom stereocenters. The van der Waals surface area contributed by atoms with Gasteiger partial charge >= 0.3 is 0 Å². The first kappa shape index (κ1) is 16.8. The van der Waals surface area contributed by atoms with Crippen molar-refractivity contribution in [1.82, 2.24) is 19.5 Å². The molecule has 136 valence electrons. The van der Waals surface area contributed by atoms with Crippen LogP contribution in [0.5, 0.6) is 5.75 Å². The molecule has 2 N–H and O–H groups in total. The molecule has 2 aromatic carbocycles. The summed E-state index contributed by atoms with van der Waals surface area (Å²) in [5.74, 6) is 1.86. The van der Waals surface area contributed by atoms with Crippen LogP contribution in [0.4, 0.5) is 5.95 Å². The SMILES string of the molecule is COc1ccc(-c2cnc(NC(=O)c3ccc4nc(C)[nH]c4c3)n2C)cc1. The van der Waals surface area contributed by atoms with Crippen LogP contribution < -0.4 is 10.1 Å². The van der Waals surface area contributed by atoms with Crippen LogP contribution in [0.3, 0.4) is 0 Å². The standard InChI is InChI=1S/C20H19N5O2/c1-12-22-16-9-6-14(10-17(16)23-12)19(26)24-20-21-11-18(25(20)2)13-4-7-15(27-3)8-5-13/h4-11H,1-3H3,(H,22,23)(H,21,24,26). The Bertz CT molecular complexity index is 1130. The van der Waals surface area contributed by atoms with Gasteiger partial charge in [-0.1, -0.05) is 0 Å². The highest BCUT2D eigenvalue weighted by Crippen LogP contribution is 2.24. The number of carbonyl (C=O) groups is 1. The molecule has 7 nitrogen and oxygen atoms in total. The lowest BCUT2D eigenvalue weighted by Gasteiger charge is -2.08. The molecule has 7 heteroatoms. The Hall–Kier alpha value is -3.61. The molecule has 2 heterocycles. The van der Waals surface area contributed by atoms with Gasteiger partial charge in [-0.2, -0.15) is 0 Å². The van der Waals surface area contributed by atoms with Gasteiger partial charge in [0.25, 0.3) is 5.91 Å². The molecule has 0 aliphatic rings. The van der Waals surface area contributed by atoms with Crippen LogP contribution in [0, 0.1) is 6.92 Å². The molecule has 27 heavy (non-hydrogen) atoms. The Morgan fingerprint density at radius 3 is 2.70 bits per heavy atom. The zero-order valence-electron chi connectivity index (χ0n) is 15.3. The highest BCUT2D eigenvalue weighted by atomic mass is 16.5. The number of aromatic amines is 1.